The van der Waals surface area contributed by atoms with Gasteiger partial charge in [0.2, 0.25) is 5.91 Å². The molecule has 1 amide bonds. The van der Waals surface area contributed by atoms with Crippen LogP contribution in [-0.4, -0.2) is 38.2 Å². The molecule has 5 nitrogen and oxygen atoms in total. The van der Waals surface area contributed by atoms with Crippen LogP contribution in [0, 0.1) is 6.92 Å². The molecule has 4 rings (SSSR count). The molecule has 0 saturated carbocycles. The van der Waals surface area contributed by atoms with Crippen molar-refractivity contribution in [2.24, 2.45) is 0 Å². The molecular weight excluding hydrogens is 300 g/mol. The Labute approximate surface area is 141 Å². The number of para-hydroxylation sites is 1. The van der Waals surface area contributed by atoms with Gasteiger partial charge in [0.15, 0.2) is 0 Å². The smallest absolute Gasteiger partial charge is 0.242 e. The predicted octanol–water partition coefficient (Wildman–Crippen LogP) is 3.01. The molecule has 0 radical (unpaired) electrons. The second-order valence-electron chi connectivity index (χ2n) is 6.64. The number of aromatic nitrogens is 3. The third kappa shape index (κ3) is 2.82. The van der Waals surface area contributed by atoms with E-state index in [-0.39, 0.29) is 11.9 Å². The second-order valence-corrected chi connectivity index (χ2v) is 6.64. The highest BCUT2D eigenvalue weighted by atomic mass is 16.2. The number of aryl methyl sites for hydroxylation is 1. The van der Waals surface area contributed by atoms with Gasteiger partial charge in [-0.2, -0.15) is 5.10 Å². The highest BCUT2D eigenvalue weighted by molar-refractivity contribution is 5.83. The Balaban J connectivity index is 1.48. The fourth-order valence-electron chi connectivity index (χ4n) is 3.55. The van der Waals surface area contributed by atoms with Gasteiger partial charge in [-0.1, -0.05) is 18.2 Å². The first-order chi connectivity index (χ1) is 11.7. The molecule has 1 aliphatic heterocycles. The molecular formula is C19H22N4O. The highest BCUT2D eigenvalue weighted by Crippen LogP contribution is 2.22. The molecule has 5 heteroatoms. The number of piperidine rings is 1. The topological polar surface area (TPSA) is 43.1 Å². The number of benzene rings is 1. The van der Waals surface area contributed by atoms with Crippen LogP contribution < -0.4 is 0 Å². The van der Waals surface area contributed by atoms with Crippen molar-refractivity contribution in [1.29, 1.82) is 0 Å². The molecule has 0 spiro atoms. The third-order valence-corrected chi connectivity index (χ3v) is 4.84. The van der Waals surface area contributed by atoms with Gasteiger partial charge in [0.1, 0.15) is 6.54 Å². The average Bonchev–Trinajstić information content (AvgIpc) is 3.22. The van der Waals surface area contributed by atoms with Gasteiger partial charge >= 0.3 is 0 Å². The van der Waals surface area contributed by atoms with Crippen LogP contribution in [0.4, 0.5) is 0 Å². The molecule has 3 aromatic rings. The molecule has 124 valence electrons. The van der Waals surface area contributed by atoms with Crippen molar-refractivity contribution in [3.63, 3.8) is 0 Å². The van der Waals surface area contributed by atoms with Crippen LogP contribution in [0.2, 0.25) is 0 Å². The van der Waals surface area contributed by atoms with Gasteiger partial charge in [-0.05, 0) is 42.8 Å². The summed E-state index contributed by atoms with van der Waals surface area (Å²) in [7, 11) is 0. The van der Waals surface area contributed by atoms with Crippen molar-refractivity contribution in [2.75, 3.05) is 13.1 Å². The number of carbonyl (C=O) groups excluding carboxylic acids is 1. The van der Waals surface area contributed by atoms with Gasteiger partial charge in [-0.15, -0.1) is 0 Å². The molecule has 1 aliphatic rings. The van der Waals surface area contributed by atoms with E-state index in [0.717, 1.165) is 37.0 Å². The number of likely N-dealkylation sites (tertiary alicyclic amines) is 1. The minimum Gasteiger partial charge on any atom is -0.339 e. The first-order valence-electron chi connectivity index (χ1n) is 8.53. The summed E-state index contributed by atoms with van der Waals surface area (Å²) in [5.41, 5.74) is 2.28. The van der Waals surface area contributed by atoms with Gasteiger partial charge in [-0.25, -0.2) is 0 Å². The number of hydrogen-bond donors (Lipinski definition) is 0. The first kappa shape index (κ1) is 15.0. The van der Waals surface area contributed by atoms with Crippen LogP contribution in [0.25, 0.3) is 10.9 Å². The standard InChI is InChI=1S/C19H22N4O/c1-15-11-20-23(12-15)17-6-4-9-22(13-17)19(24)14-21-10-8-16-5-2-3-7-18(16)21/h2-3,5,7-8,10-12,17H,4,6,9,13-14H2,1H3. The highest BCUT2D eigenvalue weighted by Gasteiger charge is 2.25. The van der Waals surface area contributed by atoms with E-state index in [2.05, 4.69) is 29.5 Å². The maximum atomic E-state index is 12.8. The van der Waals surface area contributed by atoms with Crippen LogP contribution in [-0.2, 0) is 11.3 Å². The van der Waals surface area contributed by atoms with E-state index in [1.54, 1.807) is 0 Å². The first-order valence-corrected chi connectivity index (χ1v) is 8.53. The SMILES string of the molecule is Cc1cnn(C2CCCN(C(=O)Cn3ccc4ccccc43)C2)c1. The Morgan fingerprint density at radius 3 is 3.00 bits per heavy atom. The minimum absolute atomic E-state index is 0.185. The predicted molar refractivity (Wildman–Crippen MR) is 93.8 cm³/mol. The zero-order chi connectivity index (χ0) is 16.5. The molecule has 1 saturated heterocycles. The van der Waals surface area contributed by atoms with Gasteiger partial charge in [0.05, 0.1) is 12.2 Å². The van der Waals surface area contributed by atoms with E-state index in [4.69, 9.17) is 0 Å². The average molecular weight is 322 g/mol. The lowest BCUT2D eigenvalue weighted by Crippen LogP contribution is -2.42. The van der Waals surface area contributed by atoms with Crippen LogP contribution in [0.3, 0.4) is 0 Å². The van der Waals surface area contributed by atoms with Crippen LogP contribution >= 0.6 is 0 Å². The quantitative estimate of drug-likeness (QED) is 0.744. The van der Waals surface area contributed by atoms with E-state index in [9.17, 15) is 4.79 Å². The fourth-order valence-corrected chi connectivity index (χ4v) is 3.55. The molecule has 1 unspecified atom stereocenters. The molecule has 1 aromatic carbocycles. The summed E-state index contributed by atoms with van der Waals surface area (Å²) >= 11 is 0. The molecule has 3 heterocycles. The van der Waals surface area contributed by atoms with E-state index in [0.29, 0.717) is 6.54 Å². The molecule has 24 heavy (non-hydrogen) atoms. The van der Waals surface area contributed by atoms with Gasteiger partial charge < -0.3 is 9.47 Å². The van der Waals surface area contributed by atoms with Gasteiger partial charge in [0, 0.05) is 31.0 Å². The Kier molecular flexibility index (Phi) is 3.84. The molecule has 1 fully saturated rings. The summed E-state index contributed by atoms with van der Waals surface area (Å²) < 4.78 is 4.05. The molecule has 2 aromatic heterocycles. The van der Waals surface area contributed by atoms with Crippen molar-refractivity contribution in [2.45, 2.75) is 32.4 Å². The van der Waals surface area contributed by atoms with Crippen LogP contribution in [0.5, 0.6) is 0 Å². The fraction of sp³-hybridized carbons (Fsp3) is 0.368. The number of rotatable bonds is 3. The second kappa shape index (κ2) is 6.15. The number of hydrogen-bond acceptors (Lipinski definition) is 2. The summed E-state index contributed by atoms with van der Waals surface area (Å²) in [4.78, 5) is 14.8. The van der Waals surface area contributed by atoms with Gasteiger partial charge in [0.25, 0.3) is 0 Å². The minimum atomic E-state index is 0.185. The zero-order valence-corrected chi connectivity index (χ0v) is 13.9. The zero-order valence-electron chi connectivity index (χ0n) is 13.9. The Morgan fingerprint density at radius 2 is 2.17 bits per heavy atom. The lowest BCUT2D eigenvalue weighted by Gasteiger charge is -2.33. The Hall–Kier alpha value is -2.56. The molecule has 0 bridgehead atoms. The van der Waals surface area contributed by atoms with E-state index in [1.807, 2.05) is 45.6 Å². The van der Waals surface area contributed by atoms with Crippen molar-refractivity contribution in [1.82, 2.24) is 19.2 Å². The van der Waals surface area contributed by atoms with Crippen LogP contribution in [0.1, 0.15) is 24.4 Å². The molecule has 1 atom stereocenters. The Bertz CT molecular complexity index is 863. The lowest BCUT2D eigenvalue weighted by atomic mass is 10.1. The number of carbonyl (C=O) groups is 1. The molecule has 0 aliphatic carbocycles. The monoisotopic (exact) mass is 322 g/mol. The number of amides is 1. The number of nitrogens with zero attached hydrogens (tertiary/aromatic N) is 4. The third-order valence-electron chi connectivity index (χ3n) is 4.84. The van der Waals surface area contributed by atoms with Crippen molar-refractivity contribution in [3.8, 4) is 0 Å². The normalized spacial score (nSPS) is 18.2. The van der Waals surface area contributed by atoms with E-state index < -0.39 is 0 Å². The van der Waals surface area contributed by atoms with Crippen molar-refractivity contribution >= 4 is 16.8 Å². The largest absolute Gasteiger partial charge is 0.339 e. The van der Waals surface area contributed by atoms with E-state index in [1.165, 1.54) is 5.39 Å². The lowest BCUT2D eigenvalue weighted by molar-refractivity contribution is -0.133. The summed E-state index contributed by atoms with van der Waals surface area (Å²) in [6.45, 7) is 4.04. The maximum Gasteiger partial charge on any atom is 0.242 e. The summed E-state index contributed by atoms with van der Waals surface area (Å²) in [6.07, 6.45) is 8.06. The van der Waals surface area contributed by atoms with Gasteiger partial charge in [-0.3, -0.25) is 9.48 Å². The van der Waals surface area contributed by atoms with E-state index >= 15 is 0 Å². The maximum absolute atomic E-state index is 12.8. The van der Waals surface area contributed by atoms with Crippen molar-refractivity contribution in [3.05, 3.63) is 54.5 Å². The summed E-state index contributed by atoms with van der Waals surface area (Å²) in [6, 6.07) is 10.5. The van der Waals surface area contributed by atoms with Crippen LogP contribution in [0.15, 0.2) is 48.9 Å². The van der Waals surface area contributed by atoms with Crippen molar-refractivity contribution < 1.29 is 4.79 Å². The summed E-state index contributed by atoms with van der Waals surface area (Å²) in [5.74, 6) is 0.185. The number of fused-ring (bicyclic) bond motifs is 1. The summed E-state index contributed by atoms with van der Waals surface area (Å²) in [5, 5.41) is 5.60. The molecule has 0 N–H and O–H groups in total. The Morgan fingerprint density at radius 1 is 1.29 bits per heavy atom.